The van der Waals surface area contributed by atoms with Gasteiger partial charge < -0.3 is 5.73 Å². The van der Waals surface area contributed by atoms with E-state index < -0.39 is 4.92 Å². The van der Waals surface area contributed by atoms with Crippen LogP contribution in [0.2, 0.25) is 0 Å². The summed E-state index contributed by atoms with van der Waals surface area (Å²) in [6, 6.07) is 6.09. The molecule has 0 spiro atoms. The number of nitro benzene ring substituents is 1. The maximum atomic E-state index is 10.6. The van der Waals surface area contributed by atoms with E-state index in [9.17, 15) is 10.1 Å². The minimum absolute atomic E-state index is 0.0414. The van der Waals surface area contributed by atoms with Gasteiger partial charge in [-0.3, -0.25) is 10.1 Å². The Bertz CT molecular complexity index is 603. The largest absolute Gasteiger partial charge is 0.327 e. The highest BCUT2D eigenvalue weighted by atomic mass is 16.6. The van der Waals surface area contributed by atoms with Crippen molar-refractivity contribution in [2.45, 2.75) is 6.54 Å². The molecule has 7 heteroatoms. The number of nitrogens with two attached hydrogens (primary N) is 1. The van der Waals surface area contributed by atoms with Crippen LogP contribution in [0, 0.1) is 10.1 Å². The van der Waals surface area contributed by atoms with Crippen molar-refractivity contribution in [3.8, 4) is 11.4 Å². The molecular formula is C12H13N5O2. The van der Waals surface area contributed by atoms with Crippen molar-refractivity contribution >= 4 is 5.69 Å². The van der Waals surface area contributed by atoms with E-state index in [0.29, 0.717) is 18.9 Å². The summed E-state index contributed by atoms with van der Waals surface area (Å²) in [5.41, 5.74) is 7.07. The quantitative estimate of drug-likeness (QED) is 0.496. The van der Waals surface area contributed by atoms with Gasteiger partial charge in [0.15, 0.2) is 5.82 Å². The normalized spacial score (nSPS) is 10.4. The molecule has 1 aromatic carbocycles. The molecule has 19 heavy (non-hydrogen) atoms. The van der Waals surface area contributed by atoms with Crippen LogP contribution in [0.5, 0.6) is 0 Å². The Morgan fingerprint density at radius 3 is 2.68 bits per heavy atom. The summed E-state index contributed by atoms with van der Waals surface area (Å²) in [4.78, 5) is 14.3. The van der Waals surface area contributed by atoms with E-state index in [2.05, 4.69) is 16.7 Å². The minimum Gasteiger partial charge on any atom is -0.327 e. The second-order valence-corrected chi connectivity index (χ2v) is 4.02. The number of hydrogen-bond donors (Lipinski definition) is 1. The van der Waals surface area contributed by atoms with E-state index in [1.165, 1.54) is 12.1 Å². The third-order valence-electron chi connectivity index (χ3n) is 2.55. The van der Waals surface area contributed by atoms with Crippen LogP contribution in [-0.4, -0.2) is 26.2 Å². The van der Waals surface area contributed by atoms with Gasteiger partial charge in [0.1, 0.15) is 6.33 Å². The van der Waals surface area contributed by atoms with Crippen LogP contribution >= 0.6 is 0 Å². The fraction of sp³-hybridized carbons (Fsp3) is 0.167. The molecule has 0 saturated heterocycles. The SMILES string of the molecule is C=C(CN)Cn1cnc(-c2ccc([N+](=O)[O-])cc2)n1. The summed E-state index contributed by atoms with van der Waals surface area (Å²) in [6.07, 6.45) is 1.58. The first kappa shape index (κ1) is 12.9. The summed E-state index contributed by atoms with van der Waals surface area (Å²) in [7, 11) is 0. The molecule has 0 atom stereocenters. The molecule has 0 aliphatic heterocycles. The van der Waals surface area contributed by atoms with E-state index >= 15 is 0 Å². The van der Waals surface area contributed by atoms with Crippen LogP contribution < -0.4 is 5.73 Å². The first-order valence-electron chi connectivity index (χ1n) is 5.61. The molecule has 0 aliphatic carbocycles. The fourth-order valence-electron chi connectivity index (χ4n) is 1.53. The lowest BCUT2D eigenvalue weighted by molar-refractivity contribution is -0.384. The smallest absolute Gasteiger partial charge is 0.269 e. The maximum absolute atomic E-state index is 10.6. The predicted molar refractivity (Wildman–Crippen MR) is 70.3 cm³/mol. The lowest BCUT2D eigenvalue weighted by atomic mass is 10.2. The van der Waals surface area contributed by atoms with E-state index in [4.69, 9.17) is 5.73 Å². The lowest BCUT2D eigenvalue weighted by Crippen LogP contribution is -2.09. The number of nitrogens with zero attached hydrogens (tertiary/aromatic N) is 4. The second kappa shape index (κ2) is 5.40. The average molecular weight is 259 g/mol. The Morgan fingerprint density at radius 1 is 1.42 bits per heavy atom. The molecule has 2 aromatic rings. The van der Waals surface area contributed by atoms with Crippen LogP contribution in [0.3, 0.4) is 0 Å². The Kier molecular flexibility index (Phi) is 3.67. The van der Waals surface area contributed by atoms with Crippen LogP contribution in [0.1, 0.15) is 0 Å². The summed E-state index contributed by atoms with van der Waals surface area (Å²) < 4.78 is 1.63. The Hall–Kier alpha value is -2.54. The van der Waals surface area contributed by atoms with Gasteiger partial charge in [-0.2, -0.15) is 5.10 Å². The van der Waals surface area contributed by atoms with Crippen molar-refractivity contribution in [1.29, 1.82) is 0 Å². The molecule has 2 N–H and O–H groups in total. The molecule has 0 aliphatic rings. The number of non-ortho nitro benzene ring substituents is 1. The van der Waals surface area contributed by atoms with Crippen LogP contribution in [0.25, 0.3) is 11.4 Å². The zero-order valence-electron chi connectivity index (χ0n) is 10.2. The van der Waals surface area contributed by atoms with Crippen molar-refractivity contribution in [2.75, 3.05) is 6.54 Å². The number of nitro groups is 1. The molecule has 0 fully saturated rings. The molecule has 0 bridgehead atoms. The summed E-state index contributed by atoms with van der Waals surface area (Å²) in [5.74, 6) is 0.514. The minimum atomic E-state index is -0.443. The van der Waals surface area contributed by atoms with Gasteiger partial charge in [0, 0.05) is 24.2 Å². The standard InChI is InChI=1S/C12H13N5O2/c1-9(6-13)7-16-8-14-12(15-16)10-2-4-11(5-3-10)17(18)19/h2-5,8H,1,6-7,13H2. The summed E-state index contributed by atoms with van der Waals surface area (Å²) >= 11 is 0. The van der Waals surface area contributed by atoms with E-state index in [-0.39, 0.29) is 5.69 Å². The van der Waals surface area contributed by atoms with E-state index in [0.717, 1.165) is 11.1 Å². The molecule has 1 aromatic heterocycles. The van der Waals surface area contributed by atoms with Gasteiger partial charge in [-0.15, -0.1) is 0 Å². The summed E-state index contributed by atoms with van der Waals surface area (Å²) in [6.45, 7) is 4.70. The molecule has 0 radical (unpaired) electrons. The highest BCUT2D eigenvalue weighted by molar-refractivity contribution is 5.56. The van der Waals surface area contributed by atoms with Crippen molar-refractivity contribution < 1.29 is 4.92 Å². The average Bonchev–Trinajstić information content (AvgIpc) is 2.87. The molecule has 7 nitrogen and oxygen atoms in total. The number of rotatable bonds is 5. The Labute approximate surface area is 109 Å². The van der Waals surface area contributed by atoms with Crippen LogP contribution in [0.15, 0.2) is 42.7 Å². The van der Waals surface area contributed by atoms with Gasteiger partial charge in [0.25, 0.3) is 5.69 Å². The maximum Gasteiger partial charge on any atom is 0.269 e. The first-order chi connectivity index (χ1) is 9.10. The Balaban J connectivity index is 2.18. The highest BCUT2D eigenvalue weighted by Gasteiger charge is 2.08. The van der Waals surface area contributed by atoms with E-state index in [1.807, 2.05) is 0 Å². The van der Waals surface area contributed by atoms with Gasteiger partial charge >= 0.3 is 0 Å². The molecule has 2 rings (SSSR count). The van der Waals surface area contributed by atoms with E-state index in [1.54, 1.807) is 23.1 Å². The van der Waals surface area contributed by atoms with Gasteiger partial charge in [0.05, 0.1) is 11.5 Å². The van der Waals surface area contributed by atoms with Crippen molar-refractivity contribution in [3.63, 3.8) is 0 Å². The van der Waals surface area contributed by atoms with Gasteiger partial charge in [-0.25, -0.2) is 9.67 Å². The summed E-state index contributed by atoms with van der Waals surface area (Å²) in [5, 5.41) is 14.8. The number of hydrogen-bond acceptors (Lipinski definition) is 5. The van der Waals surface area contributed by atoms with Crippen molar-refractivity contribution in [2.24, 2.45) is 5.73 Å². The number of benzene rings is 1. The zero-order valence-corrected chi connectivity index (χ0v) is 10.2. The third kappa shape index (κ3) is 3.02. The second-order valence-electron chi connectivity index (χ2n) is 4.02. The first-order valence-corrected chi connectivity index (χ1v) is 5.61. The predicted octanol–water partition coefficient (Wildman–Crippen LogP) is 1.37. The third-order valence-corrected chi connectivity index (χ3v) is 2.55. The Morgan fingerprint density at radius 2 is 2.11 bits per heavy atom. The molecular weight excluding hydrogens is 246 g/mol. The molecule has 1 heterocycles. The lowest BCUT2D eigenvalue weighted by Gasteiger charge is -2.00. The zero-order chi connectivity index (χ0) is 13.8. The van der Waals surface area contributed by atoms with Crippen molar-refractivity contribution in [3.05, 3.63) is 52.9 Å². The van der Waals surface area contributed by atoms with Gasteiger partial charge in [-0.1, -0.05) is 6.58 Å². The molecule has 0 saturated carbocycles. The van der Waals surface area contributed by atoms with Gasteiger partial charge in [-0.05, 0) is 17.7 Å². The van der Waals surface area contributed by atoms with Crippen LogP contribution in [0.4, 0.5) is 5.69 Å². The monoisotopic (exact) mass is 259 g/mol. The van der Waals surface area contributed by atoms with Gasteiger partial charge in [0.2, 0.25) is 0 Å². The topological polar surface area (TPSA) is 99.9 Å². The van der Waals surface area contributed by atoms with Crippen molar-refractivity contribution in [1.82, 2.24) is 14.8 Å². The molecule has 0 unspecified atom stereocenters. The highest BCUT2D eigenvalue weighted by Crippen LogP contribution is 2.18. The van der Waals surface area contributed by atoms with Crippen LogP contribution in [-0.2, 0) is 6.54 Å². The fourth-order valence-corrected chi connectivity index (χ4v) is 1.53. The molecule has 98 valence electrons. The number of aromatic nitrogens is 3. The molecule has 0 amide bonds.